The lowest BCUT2D eigenvalue weighted by molar-refractivity contribution is 0.281. The molecule has 3 heteroatoms. The van der Waals surface area contributed by atoms with Gasteiger partial charge in [-0.25, -0.2) is 4.39 Å². The van der Waals surface area contributed by atoms with Gasteiger partial charge in [0.1, 0.15) is 5.82 Å². The van der Waals surface area contributed by atoms with E-state index in [1.165, 1.54) is 17.7 Å². The summed E-state index contributed by atoms with van der Waals surface area (Å²) in [5.74, 6) is -0.315. The van der Waals surface area contributed by atoms with Crippen LogP contribution in [0.1, 0.15) is 25.0 Å². The third kappa shape index (κ3) is 3.58. The quantitative estimate of drug-likeness (QED) is 0.897. The molecule has 0 aliphatic rings. The third-order valence-electron chi connectivity index (χ3n) is 3.28. The topological polar surface area (TPSA) is 23.5 Å². The first kappa shape index (κ1) is 14.5. The Morgan fingerprint density at radius 2 is 1.75 bits per heavy atom. The number of hydrogen-bond donors (Lipinski definition) is 1. The van der Waals surface area contributed by atoms with E-state index >= 15 is 0 Å². The Morgan fingerprint density at radius 1 is 1.05 bits per heavy atom. The first-order valence-electron chi connectivity index (χ1n) is 6.81. The van der Waals surface area contributed by atoms with Crippen molar-refractivity contribution >= 4 is 5.69 Å². The second kappa shape index (κ2) is 6.53. The molecule has 2 rings (SSSR count). The van der Waals surface area contributed by atoms with Crippen LogP contribution >= 0.6 is 0 Å². The zero-order valence-electron chi connectivity index (χ0n) is 11.9. The van der Waals surface area contributed by atoms with Gasteiger partial charge in [0, 0.05) is 18.3 Å². The Labute approximate surface area is 119 Å². The molecule has 0 saturated heterocycles. The van der Waals surface area contributed by atoms with Gasteiger partial charge in [0.15, 0.2) is 0 Å². The van der Waals surface area contributed by atoms with Gasteiger partial charge in [-0.15, -0.1) is 0 Å². The Balaban J connectivity index is 2.31. The molecule has 0 atom stereocenters. The summed E-state index contributed by atoms with van der Waals surface area (Å²) < 4.78 is 13.6. The molecule has 0 aliphatic carbocycles. The maximum atomic E-state index is 13.6. The molecule has 106 valence electrons. The van der Waals surface area contributed by atoms with E-state index in [0.29, 0.717) is 12.1 Å². The molecule has 2 nitrogen and oxygen atoms in total. The van der Waals surface area contributed by atoms with Crippen LogP contribution in [0.5, 0.6) is 0 Å². The number of rotatable bonds is 5. The molecule has 0 amide bonds. The molecule has 0 saturated carbocycles. The van der Waals surface area contributed by atoms with E-state index in [2.05, 4.69) is 30.9 Å². The van der Waals surface area contributed by atoms with Crippen molar-refractivity contribution in [3.63, 3.8) is 0 Å². The highest BCUT2D eigenvalue weighted by Gasteiger charge is 2.13. The molecule has 2 aromatic carbocycles. The maximum absolute atomic E-state index is 13.6. The normalized spacial score (nSPS) is 10.8. The van der Waals surface area contributed by atoms with Crippen LogP contribution in [0.25, 0.3) is 0 Å². The van der Waals surface area contributed by atoms with E-state index in [0.717, 1.165) is 5.69 Å². The third-order valence-corrected chi connectivity index (χ3v) is 3.28. The van der Waals surface area contributed by atoms with Gasteiger partial charge in [0.2, 0.25) is 0 Å². The minimum Gasteiger partial charge on any atom is -0.392 e. The molecular weight excluding hydrogens is 253 g/mol. The standard InChI is InChI=1S/C17H20FNO/c1-13(2)19(11-14-6-4-3-5-7-14)17-9-15(12-20)8-16(18)10-17/h3-10,13,20H,11-12H2,1-2H3. The lowest BCUT2D eigenvalue weighted by atomic mass is 10.1. The summed E-state index contributed by atoms with van der Waals surface area (Å²) in [5.41, 5.74) is 2.57. The summed E-state index contributed by atoms with van der Waals surface area (Å²) in [6.07, 6.45) is 0. The lowest BCUT2D eigenvalue weighted by Gasteiger charge is -2.29. The number of aliphatic hydroxyl groups excluding tert-OH is 1. The predicted molar refractivity (Wildman–Crippen MR) is 80.1 cm³/mol. The molecule has 0 heterocycles. The number of anilines is 1. The van der Waals surface area contributed by atoms with E-state index < -0.39 is 0 Å². The van der Waals surface area contributed by atoms with Crippen LogP contribution in [0.4, 0.5) is 10.1 Å². The van der Waals surface area contributed by atoms with Crippen molar-refractivity contribution in [2.24, 2.45) is 0 Å². The molecule has 0 unspecified atom stereocenters. The van der Waals surface area contributed by atoms with Crippen molar-refractivity contribution in [3.8, 4) is 0 Å². The number of nitrogens with zero attached hydrogens (tertiary/aromatic N) is 1. The highest BCUT2D eigenvalue weighted by Crippen LogP contribution is 2.23. The van der Waals surface area contributed by atoms with Crippen LogP contribution in [0.15, 0.2) is 48.5 Å². The Morgan fingerprint density at radius 3 is 2.35 bits per heavy atom. The van der Waals surface area contributed by atoms with Crippen LogP contribution < -0.4 is 4.90 Å². The first-order chi connectivity index (χ1) is 9.60. The molecule has 20 heavy (non-hydrogen) atoms. The molecule has 0 radical (unpaired) electrons. The summed E-state index contributed by atoms with van der Waals surface area (Å²) in [5, 5.41) is 9.21. The average molecular weight is 273 g/mol. The second-order valence-electron chi connectivity index (χ2n) is 5.18. The highest BCUT2D eigenvalue weighted by atomic mass is 19.1. The van der Waals surface area contributed by atoms with Gasteiger partial charge in [-0.2, -0.15) is 0 Å². The summed E-state index contributed by atoms with van der Waals surface area (Å²) in [6, 6.07) is 15.1. The molecule has 0 fully saturated rings. The number of halogens is 1. The second-order valence-corrected chi connectivity index (χ2v) is 5.18. The molecule has 0 aliphatic heterocycles. The van der Waals surface area contributed by atoms with Gasteiger partial charge in [0.25, 0.3) is 0 Å². The van der Waals surface area contributed by atoms with Crippen molar-refractivity contribution in [2.75, 3.05) is 4.90 Å². The average Bonchev–Trinajstić information content (AvgIpc) is 2.44. The zero-order valence-corrected chi connectivity index (χ0v) is 11.9. The van der Waals surface area contributed by atoms with Crippen LogP contribution in [0, 0.1) is 5.82 Å². The largest absolute Gasteiger partial charge is 0.392 e. The van der Waals surface area contributed by atoms with Crippen molar-refractivity contribution in [3.05, 3.63) is 65.5 Å². The number of aliphatic hydroxyl groups is 1. The van der Waals surface area contributed by atoms with Crippen molar-refractivity contribution in [1.82, 2.24) is 0 Å². The van der Waals surface area contributed by atoms with Crippen LogP contribution in [0.3, 0.4) is 0 Å². The fraction of sp³-hybridized carbons (Fsp3) is 0.294. The van der Waals surface area contributed by atoms with E-state index in [1.54, 1.807) is 0 Å². The maximum Gasteiger partial charge on any atom is 0.125 e. The van der Waals surface area contributed by atoms with E-state index in [1.807, 2.05) is 24.3 Å². The van der Waals surface area contributed by atoms with E-state index in [9.17, 15) is 9.50 Å². The zero-order chi connectivity index (χ0) is 14.5. The van der Waals surface area contributed by atoms with Gasteiger partial charge in [-0.1, -0.05) is 30.3 Å². The Bertz CT molecular complexity index is 554. The molecule has 0 bridgehead atoms. The van der Waals surface area contributed by atoms with Gasteiger partial charge in [-0.3, -0.25) is 0 Å². The summed E-state index contributed by atoms with van der Waals surface area (Å²) in [7, 11) is 0. The van der Waals surface area contributed by atoms with Gasteiger partial charge in [0.05, 0.1) is 6.61 Å². The SMILES string of the molecule is CC(C)N(Cc1ccccc1)c1cc(F)cc(CO)c1. The van der Waals surface area contributed by atoms with E-state index in [4.69, 9.17) is 0 Å². The van der Waals surface area contributed by atoms with Gasteiger partial charge >= 0.3 is 0 Å². The molecule has 0 spiro atoms. The highest BCUT2D eigenvalue weighted by molar-refractivity contribution is 5.50. The number of benzene rings is 2. The minimum atomic E-state index is -0.315. The smallest absolute Gasteiger partial charge is 0.125 e. The van der Waals surface area contributed by atoms with Crippen molar-refractivity contribution in [1.29, 1.82) is 0 Å². The van der Waals surface area contributed by atoms with E-state index in [-0.39, 0.29) is 18.5 Å². The van der Waals surface area contributed by atoms with Crippen molar-refractivity contribution < 1.29 is 9.50 Å². The Hall–Kier alpha value is -1.87. The molecule has 1 N–H and O–H groups in total. The monoisotopic (exact) mass is 273 g/mol. The molecule has 0 aromatic heterocycles. The lowest BCUT2D eigenvalue weighted by Crippen LogP contribution is -2.30. The number of hydrogen-bond acceptors (Lipinski definition) is 2. The summed E-state index contributed by atoms with van der Waals surface area (Å²) in [6.45, 7) is 4.72. The van der Waals surface area contributed by atoms with Gasteiger partial charge in [-0.05, 0) is 43.2 Å². The van der Waals surface area contributed by atoms with Crippen LogP contribution in [0.2, 0.25) is 0 Å². The predicted octanol–water partition coefficient (Wildman–Crippen LogP) is 3.73. The van der Waals surface area contributed by atoms with Crippen molar-refractivity contribution in [2.45, 2.75) is 33.0 Å². The molecule has 2 aromatic rings. The minimum absolute atomic E-state index is 0.151. The molecular formula is C17H20FNO. The summed E-state index contributed by atoms with van der Waals surface area (Å²) >= 11 is 0. The van der Waals surface area contributed by atoms with Crippen LogP contribution in [-0.2, 0) is 13.2 Å². The van der Waals surface area contributed by atoms with Gasteiger partial charge < -0.3 is 10.0 Å². The summed E-state index contributed by atoms with van der Waals surface area (Å²) in [4.78, 5) is 2.12. The Kier molecular flexibility index (Phi) is 4.74. The fourth-order valence-corrected chi connectivity index (χ4v) is 2.24. The first-order valence-corrected chi connectivity index (χ1v) is 6.81. The fourth-order valence-electron chi connectivity index (χ4n) is 2.24. The van der Waals surface area contributed by atoms with Crippen LogP contribution in [-0.4, -0.2) is 11.1 Å².